The third kappa shape index (κ3) is 3.52. The molecule has 0 aromatic heterocycles. The molecule has 0 saturated carbocycles. The Bertz CT molecular complexity index is 498. The van der Waals surface area contributed by atoms with Crippen LogP contribution in [0.15, 0.2) is 33.6 Å². The van der Waals surface area contributed by atoms with Gasteiger partial charge in [0.1, 0.15) is 6.54 Å². The van der Waals surface area contributed by atoms with Gasteiger partial charge < -0.3 is 5.11 Å². The van der Waals surface area contributed by atoms with Crippen molar-refractivity contribution < 1.29 is 18.3 Å². The average molecular weight is 322 g/mol. The Morgan fingerprint density at radius 2 is 1.88 bits per heavy atom. The zero-order chi connectivity index (χ0) is 13.1. The molecule has 94 valence electrons. The van der Waals surface area contributed by atoms with Gasteiger partial charge in [-0.25, -0.2) is 8.42 Å². The minimum Gasteiger partial charge on any atom is -0.480 e. The van der Waals surface area contributed by atoms with E-state index in [0.717, 1.165) is 8.78 Å². The van der Waals surface area contributed by atoms with Crippen LogP contribution in [0.25, 0.3) is 0 Å². The molecular weight excluding hydrogens is 310 g/mol. The largest absolute Gasteiger partial charge is 0.480 e. The number of carboxylic acids is 1. The van der Waals surface area contributed by atoms with Gasteiger partial charge in [0.2, 0.25) is 10.0 Å². The Kier molecular flexibility index (Phi) is 4.67. The van der Waals surface area contributed by atoms with E-state index < -0.39 is 22.5 Å². The number of carboxylic acid groups (broad SMARTS) is 1. The van der Waals surface area contributed by atoms with Gasteiger partial charge in [-0.3, -0.25) is 4.79 Å². The van der Waals surface area contributed by atoms with Crippen LogP contribution in [0.3, 0.4) is 0 Å². The number of likely N-dealkylation sites (N-methyl/N-ethyl adjacent to an activating group) is 1. The van der Waals surface area contributed by atoms with Gasteiger partial charge in [-0.1, -0.05) is 22.9 Å². The van der Waals surface area contributed by atoms with Gasteiger partial charge in [0.25, 0.3) is 0 Å². The van der Waals surface area contributed by atoms with Crippen molar-refractivity contribution >= 4 is 31.9 Å². The number of sulfonamides is 1. The molecule has 0 aliphatic carbocycles. The smallest absolute Gasteiger partial charge is 0.318 e. The van der Waals surface area contributed by atoms with Crippen molar-refractivity contribution in [3.63, 3.8) is 0 Å². The van der Waals surface area contributed by atoms with Crippen LogP contribution in [-0.2, 0) is 14.8 Å². The van der Waals surface area contributed by atoms with E-state index in [-0.39, 0.29) is 11.4 Å². The fourth-order valence-electron chi connectivity index (χ4n) is 1.27. The standard InChI is InChI=1S/C10H12BrNO4S/c1-2-12(7-10(13)14)17(15,16)9-5-3-8(11)4-6-9/h3-6H,2,7H2,1H3,(H,13,14). The maximum Gasteiger partial charge on any atom is 0.318 e. The molecule has 0 fully saturated rings. The van der Waals surface area contributed by atoms with Crippen molar-refractivity contribution in [1.82, 2.24) is 4.31 Å². The van der Waals surface area contributed by atoms with Crippen LogP contribution >= 0.6 is 15.9 Å². The predicted molar refractivity (Wildman–Crippen MR) is 66.2 cm³/mol. The minimum absolute atomic E-state index is 0.0869. The number of benzene rings is 1. The first-order chi connectivity index (χ1) is 7.87. The number of hydrogen-bond donors (Lipinski definition) is 1. The summed E-state index contributed by atoms with van der Waals surface area (Å²) >= 11 is 3.20. The number of nitrogens with zero attached hydrogens (tertiary/aromatic N) is 1. The molecule has 0 heterocycles. The molecule has 0 aliphatic heterocycles. The summed E-state index contributed by atoms with van der Waals surface area (Å²) in [6, 6.07) is 6.07. The number of carbonyl (C=O) groups is 1. The summed E-state index contributed by atoms with van der Waals surface area (Å²) in [5, 5.41) is 8.66. The Morgan fingerprint density at radius 1 is 1.35 bits per heavy atom. The third-order valence-electron chi connectivity index (χ3n) is 2.12. The van der Waals surface area contributed by atoms with E-state index >= 15 is 0 Å². The second-order valence-electron chi connectivity index (χ2n) is 3.28. The van der Waals surface area contributed by atoms with Crippen LogP contribution in [0.1, 0.15) is 6.92 Å². The maximum absolute atomic E-state index is 12.1. The summed E-state index contributed by atoms with van der Waals surface area (Å²) in [5.74, 6) is -1.17. The molecule has 0 atom stereocenters. The Labute approximate surface area is 108 Å². The SMILES string of the molecule is CCN(CC(=O)O)S(=O)(=O)c1ccc(Br)cc1. The molecule has 17 heavy (non-hydrogen) atoms. The maximum atomic E-state index is 12.1. The molecule has 0 radical (unpaired) electrons. The molecule has 0 bridgehead atoms. The molecule has 0 spiro atoms. The van der Waals surface area contributed by atoms with E-state index in [1.54, 1.807) is 19.1 Å². The Hall–Kier alpha value is -0.920. The first-order valence-corrected chi connectivity index (χ1v) is 7.08. The molecule has 0 aliphatic rings. The van der Waals surface area contributed by atoms with Gasteiger partial charge in [-0.2, -0.15) is 4.31 Å². The van der Waals surface area contributed by atoms with Crippen LogP contribution in [0, 0.1) is 0 Å². The third-order valence-corrected chi connectivity index (χ3v) is 4.58. The van der Waals surface area contributed by atoms with Crippen LogP contribution in [0.4, 0.5) is 0 Å². The van der Waals surface area contributed by atoms with Gasteiger partial charge in [-0.05, 0) is 24.3 Å². The summed E-state index contributed by atoms with van der Waals surface area (Å²) in [6.45, 7) is 1.18. The highest BCUT2D eigenvalue weighted by molar-refractivity contribution is 9.10. The summed E-state index contributed by atoms with van der Waals surface area (Å²) in [5.41, 5.74) is 0. The van der Waals surface area contributed by atoms with E-state index in [1.807, 2.05) is 0 Å². The van der Waals surface area contributed by atoms with Crippen molar-refractivity contribution in [2.45, 2.75) is 11.8 Å². The molecule has 0 unspecified atom stereocenters. The fourth-order valence-corrected chi connectivity index (χ4v) is 2.94. The van der Waals surface area contributed by atoms with Crippen molar-refractivity contribution in [1.29, 1.82) is 0 Å². The van der Waals surface area contributed by atoms with Gasteiger partial charge >= 0.3 is 5.97 Å². The van der Waals surface area contributed by atoms with Crippen molar-refractivity contribution in [3.05, 3.63) is 28.7 Å². The van der Waals surface area contributed by atoms with E-state index in [1.165, 1.54) is 12.1 Å². The lowest BCUT2D eigenvalue weighted by Crippen LogP contribution is -2.35. The minimum atomic E-state index is -3.73. The molecule has 1 N–H and O–H groups in total. The van der Waals surface area contributed by atoms with E-state index in [2.05, 4.69) is 15.9 Å². The van der Waals surface area contributed by atoms with Crippen LogP contribution in [0.5, 0.6) is 0 Å². The van der Waals surface area contributed by atoms with Crippen molar-refractivity contribution in [2.24, 2.45) is 0 Å². The van der Waals surface area contributed by atoms with Gasteiger partial charge in [0.05, 0.1) is 4.90 Å². The second-order valence-corrected chi connectivity index (χ2v) is 6.13. The molecule has 0 saturated heterocycles. The van der Waals surface area contributed by atoms with Crippen molar-refractivity contribution in [3.8, 4) is 0 Å². The Morgan fingerprint density at radius 3 is 2.29 bits per heavy atom. The predicted octanol–water partition coefficient (Wildman–Crippen LogP) is 1.54. The Balaban J connectivity index is 3.08. The summed E-state index contributed by atoms with van der Waals surface area (Å²) < 4.78 is 25.8. The highest BCUT2D eigenvalue weighted by atomic mass is 79.9. The molecule has 1 aromatic rings. The molecule has 0 amide bonds. The quantitative estimate of drug-likeness (QED) is 0.892. The lowest BCUT2D eigenvalue weighted by molar-refractivity contribution is -0.137. The van der Waals surface area contributed by atoms with Gasteiger partial charge in [0, 0.05) is 11.0 Å². The van der Waals surface area contributed by atoms with Crippen LogP contribution in [0.2, 0.25) is 0 Å². The molecular formula is C10H12BrNO4S. The number of halogens is 1. The first-order valence-electron chi connectivity index (χ1n) is 4.85. The fraction of sp³-hybridized carbons (Fsp3) is 0.300. The van der Waals surface area contributed by atoms with E-state index in [9.17, 15) is 13.2 Å². The molecule has 7 heteroatoms. The zero-order valence-corrected chi connectivity index (χ0v) is 11.5. The molecule has 1 aromatic carbocycles. The van der Waals surface area contributed by atoms with E-state index in [0.29, 0.717) is 0 Å². The average Bonchev–Trinajstić information content (AvgIpc) is 2.26. The summed E-state index contributed by atoms with van der Waals surface area (Å²) in [4.78, 5) is 10.7. The topological polar surface area (TPSA) is 74.7 Å². The normalized spacial score (nSPS) is 11.7. The second kappa shape index (κ2) is 5.61. The zero-order valence-electron chi connectivity index (χ0n) is 9.13. The lowest BCUT2D eigenvalue weighted by atomic mass is 10.4. The van der Waals surface area contributed by atoms with Gasteiger partial charge in [0.15, 0.2) is 0 Å². The number of hydrogen-bond acceptors (Lipinski definition) is 3. The first kappa shape index (κ1) is 14.1. The number of rotatable bonds is 5. The van der Waals surface area contributed by atoms with Crippen molar-refractivity contribution in [2.75, 3.05) is 13.1 Å². The lowest BCUT2D eigenvalue weighted by Gasteiger charge is -2.18. The summed E-state index contributed by atoms with van der Waals surface area (Å²) in [7, 11) is -3.73. The van der Waals surface area contributed by atoms with Crippen LogP contribution < -0.4 is 0 Å². The van der Waals surface area contributed by atoms with Gasteiger partial charge in [-0.15, -0.1) is 0 Å². The highest BCUT2D eigenvalue weighted by Gasteiger charge is 2.24. The highest BCUT2D eigenvalue weighted by Crippen LogP contribution is 2.18. The summed E-state index contributed by atoms with van der Waals surface area (Å²) in [6.07, 6.45) is 0. The monoisotopic (exact) mass is 321 g/mol. The molecule has 5 nitrogen and oxygen atoms in total. The molecule has 1 rings (SSSR count). The van der Waals surface area contributed by atoms with Crippen LogP contribution in [-0.4, -0.2) is 36.9 Å². The van der Waals surface area contributed by atoms with E-state index in [4.69, 9.17) is 5.11 Å². The number of aliphatic carboxylic acids is 1.